The van der Waals surface area contributed by atoms with E-state index in [0.29, 0.717) is 11.3 Å². The van der Waals surface area contributed by atoms with Crippen molar-refractivity contribution in [1.82, 2.24) is 9.73 Å². The van der Waals surface area contributed by atoms with Crippen molar-refractivity contribution in [2.45, 2.75) is 4.90 Å². The van der Waals surface area contributed by atoms with E-state index in [-0.39, 0.29) is 16.4 Å². The highest BCUT2D eigenvalue weighted by Crippen LogP contribution is 2.30. The Hall–Kier alpha value is -2.63. The third-order valence-electron chi connectivity index (χ3n) is 3.81. The van der Waals surface area contributed by atoms with Gasteiger partial charge in [-0.15, -0.1) is 0 Å². The van der Waals surface area contributed by atoms with Crippen molar-refractivity contribution in [3.8, 4) is 17.2 Å². The van der Waals surface area contributed by atoms with Gasteiger partial charge in [-0.1, -0.05) is 15.9 Å². The van der Waals surface area contributed by atoms with Crippen molar-refractivity contribution in [2.75, 3.05) is 27.8 Å². The zero-order valence-corrected chi connectivity index (χ0v) is 18.3. The van der Waals surface area contributed by atoms with Crippen LogP contribution in [0.5, 0.6) is 17.2 Å². The molecule has 11 heteroatoms. The van der Waals surface area contributed by atoms with Crippen molar-refractivity contribution in [3.05, 3.63) is 46.4 Å². The summed E-state index contributed by atoms with van der Waals surface area (Å²) in [5.74, 6) is -0.0246. The third-order valence-corrected chi connectivity index (χ3v) is 6.10. The fourth-order valence-electron chi connectivity index (χ4n) is 2.28. The van der Waals surface area contributed by atoms with Crippen LogP contribution in [0.1, 0.15) is 5.56 Å². The highest BCUT2D eigenvalue weighted by atomic mass is 79.9. The Morgan fingerprint density at radius 2 is 1.90 bits per heavy atom. The van der Waals surface area contributed by atoms with Gasteiger partial charge in [0.2, 0.25) is 10.0 Å². The number of sulfonamides is 1. The number of carbonyl (C=O) groups is 1. The van der Waals surface area contributed by atoms with Gasteiger partial charge < -0.3 is 14.6 Å². The molecule has 2 rings (SSSR count). The Labute approximate surface area is 177 Å². The zero-order chi connectivity index (χ0) is 21.6. The van der Waals surface area contributed by atoms with Crippen LogP contribution in [0.25, 0.3) is 0 Å². The lowest BCUT2D eigenvalue weighted by molar-refractivity contribution is -0.121. The second-order valence-electron chi connectivity index (χ2n) is 5.77. The Bertz CT molecular complexity index is 1030. The van der Waals surface area contributed by atoms with Gasteiger partial charge in [0, 0.05) is 23.2 Å². The molecule has 0 aliphatic carbocycles. The number of amides is 1. The number of likely N-dealkylation sites (N-methyl/N-ethyl adjacent to an activating group) is 1. The fraction of sp³-hybridized carbons (Fsp3) is 0.222. The summed E-state index contributed by atoms with van der Waals surface area (Å²) >= 11 is 3.26. The van der Waals surface area contributed by atoms with Gasteiger partial charge in [0.25, 0.3) is 5.91 Å². The summed E-state index contributed by atoms with van der Waals surface area (Å²) in [5.41, 5.74) is 2.61. The molecule has 0 unspecified atom stereocenters. The van der Waals surface area contributed by atoms with Crippen LogP contribution in [0, 0.1) is 0 Å². The Morgan fingerprint density at radius 3 is 2.55 bits per heavy atom. The highest BCUT2D eigenvalue weighted by Gasteiger charge is 2.24. The van der Waals surface area contributed by atoms with Gasteiger partial charge in [0.15, 0.2) is 11.5 Å². The van der Waals surface area contributed by atoms with Crippen molar-refractivity contribution in [1.29, 1.82) is 0 Å². The second-order valence-corrected chi connectivity index (χ2v) is 8.73. The molecule has 2 aromatic carbocycles. The van der Waals surface area contributed by atoms with Crippen LogP contribution in [0.3, 0.4) is 0 Å². The first-order valence-electron chi connectivity index (χ1n) is 8.18. The molecule has 0 aliphatic rings. The lowest BCUT2D eigenvalue weighted by atomic mass is 10.2. The van der Waals surface area contributed by atoms with E-state index in [1.54, 1.807) is 12.1 Å². The highest BCUT2D eigenvalue weighted by molar-refractivity contribution is 9.10. The summed E-state index contributed by atoms with van der Waals surface area (Å²) in [7, 11) is 0.168. The number of halogens is 1. The molecule has 0 spiro atoms. The zero-order valence-electron chi connectivity index (χ0n) is 15.9. The maximum atomic E-state index is 12.7. The molecule has 0 saturated carbocycles. The molecule has 1 amide bonds. The van der Waals surface area contributed by atoms with Crippen LogP contribution in [-0.4, -0.2) is 57.8 Å². The maximum Gasteiger partial charge on any atom is 0.255 e. The van der Waals surface area contributed by atoms with Gasteiger partial charge in [0.05, 0.1) is 31.9 Å². The molecule has 0 radical (unpaired) electrons. The van der Waals surface area contributed by atoms with Crippen LogP contribution in [0.2, 0.25) is 0 Å². The van der Waals surface area contributed by atoms with E-state index >= 15 is 0 Å². The largest absolute Gasteiger partial charge is 0.507 e. The minimum absolute atomic E-state index is 0.0145. The smallest absolute Gasteiger partial charge is 0.255 e. The van der Waals surface area contributed by atoms with E-state index in [9.17, 15) is 18.3 Å². The SMILES string of the molecule is COc1ccc(S(=O)(=O)N(C)CC(=O)NN=Cc2cc(Br)ccc2O)cc1OC. The molecule has 0 fully saturated rings. The first kappa shape index (κ1) is 22.7. The minimum atomic E-state index is -3.94. The van der Waals surface area contributed by atoms with Gasteiger partial charge >= 0.3 is 0 Å². The van der Waals surface area contributed by atoms with Gasteiger partial charge in [0.1, 0.15) is 5.75 Å². The van der Waals surface area contributed by atoms with Crippen LogP contribution >= 0.6 is 15.9 Å². The molecule has 0 bridgehead atoms. The molecule has 2 aromatic rings. The molecule has 2 N–H and O–H groups in total. The number of rotatable bonds is 8. The average molecular weight is 486 g/mol. The lowest BCUT2D eigenvalue weighted by Gasteiger charge is -2.17. The van der Waals surface area contributed by atoms with Crippen LogP contribution in [-0.2, 0) is 14.8 Å². The molecule has 29 heavy (non-hydrogen) atoms. The quantitative estimate of drug-likeness (QED) is 0.435. The molecule has 0 saturated heterocycles. The number of phenols is 1. The molecule has 0 atom stereocenters. The van der Waals surface area contributed by atoms with E-state index in [2.05, 4.69) is 26.5 Å². The van der Waals surface area contributed by atoms with Crippen LogP contribution in [0.15, 0.2) is 50.9 Å². The number of ether oxygens (including phenoxy) is 2. The minimum Gasteiger partial charge on any atom is -0.507 e. The van der Waals surface area contributed by atoms with Gasteiger partial charge in [-0.3, -0.25) is 4.79 Å². The number of hydrogen-bond acceptors (Lipinski definition) is 7. The van der Waals surface area contributed by atoms with Crippen molar-refractivity contribution >= 4 is 38.1 Å². The van der Waals surface area contributed by atoms with E-state index in [4.69, 9.17) is 9.47 Å². The van der Waals surface area contributed by atoms with Crippen molar-refractivity contribution in [3.63, 3.8) is 0 Å². The number of nitrogens with zero attached hydrogens (tertiary/aromatic N) is 2. The average Bonchev–Trinajstić information content (AvgIpc) is 2.69. The Balaban J connectivity index is 2.06. The van der Waals surface area contributed by atoms with Gasteiger partial charge in [-0.2, -0.15) is 9.41 Å². The number of benzene rings is 2. The summed E-state index contributed by atoms with van der Waals surface area (Å²) in [4.78, 5) is 12.0. The molecular weight excluding hydrogens is 466 g/mol. The summed E-state index contributed by atoms with van der Waals surface area (Å²) in [5, 5.41) is 13.5. The topological polar surface area (TPSA) is 118 Å². The summed E-state index contributed by atoms with van der Waals surface area (Å²) < 4.78 is 37.2. The molecule has 0 aromatic heterocycles. The first-order valence-corrected chi connectivity index (χ1v) is 10.4. The second kappa shape index (κ2) is 9.72. The van der Waals surface area contributed by atoms with Crippen molar-refractivity contribution in [2.24, 2.45) is 5.10 Å². The van der Waals surface area contributed by atoms with Gasteiger partial charge in [-0.05, 0) is 30.3 Å². The van der Waals surface area contributed by atoms with E-state index in [0.717, 1.165) is 8.78 Å². The van der Waals surface area contributed by atoms with E-state index in [1.165, 1.54) is 51.7 Å². The lowest BCUT2D eigenvalue weighted by Crippen LogP contribution is -2.36. The Morgan fingerprint density at radius 1 is 1.21 bits per heavy atom. The van der Waals surface area contributed by atoms with Crippen LogP contribution in [0.4, 0.5) is 0 Å². The molecule has 0 heterocycles. The molecule has 156 valence electrons. The molecule has 0 aliphatic heterocycles. The van der Waals surface area contributed by atoms with Crippen LogP contribution < -0.4 is 14.9 Å². The van der Waals surface area contributed by atoms with Gasteiger partial charge in [-0.25, -0.2) is 13.8 Å². The number of carbonyl (C=O) groups excluding carboxylic acids is 1. The van der Waals surface area contributed by atoms with Crippen molar-refractivity contribution < 1.29 is 27.8 Å². The first-order chi connectivity index (χ1) is 13.7. The summed E-state index contributed by atoms with van der Waals surface area (Å²) in [6.07, 6.45) is 1.25. The fourth-order valence-corrected chi connectivity index (χ4v) is 3.80. The monoisotopic (exact) mass is 485 g/mol. The molecular formula is C18H20BrN3O6S. The van der Waals surface area contributed by atoms with E-state index < -0.39 is 22.5 Å². The normalized spacial score (nSPS) is 11.6. The summed E-state index contributed by atoms with van der Waals surface area (Å²) in [6, 6.07) is 8.87. The number of hydrogen-bond donors (Lipinski definition) is 2. The molecule has 9 nitrogen and oxygen atoms in total. The number of methoxy groups -OCH3 is 2. The van der Waals surface area contributed by atoms with E-state index in [1.807, 2.05) is 0 Å². The number of nitrogens with one attached hydrogen (secondary N) is 1. The predicted molar refractivity (Wildman–Crippen MR) is 111 cm³/mol. The number of phenolic OH excluding ortho intramolecular Hbond substituents is 1. The predicted octanol–water partition coefficient (Wildman–Crippen LogP) is 1.94. The standard InChI is InChI=1S/C18H20BrN3O6S/c1-22(29(25,26)14-5-7-16(27-2)17(9-14)28-3)11-18(24)21-20-10-12-8-13(19)4-6-15(12)23/h4-10,23H,11H2,1-3H3,(H,21,24). The number of aromatic hydroxyl groups is 1. The maximum absolute atomic E-state index is 12.7. The Kier molecular flexibility index (Phi) is 7.59. The third kappa shape index (κ3) is 5.68. The summed E-state index contributed by atoms with van der Waals surface area (Å²) in [6.45, 7) is -0.460. The number of hydrazone groups is 1.